The van der Waals surface area contributed by atoms with Gasteiger partial charge in [-0.25, -0.2) is 0 Å². The van der Waals surface area contributed by atoms with Gasteiger partial charge in [-0.1, -0.05) is 30.3 Å². The van der Waals surface area contributed by atoms with Crippen molar-refractivity contribution in [1.29, 1.82) is 0 Å². The minimum atomic E-state index is -0.291. The number of hydrogen-bond donors (Lipinski definition) is 0. The number of benzene rings is 1. The van der Waals surface area contributed by atoms with E-state index in [0.717, 1.165) is 5.56 Å². The number of hydrogen-bond acceptors (Lipinski definition) is 5. The van der Waals surface area contributed by atoms with Crippen LogP contribution >= 0.6 is 0 Å². The standard InChI is InChI=1S/C12H14N4O2/c1-9(8-11(17)18-2)16-14-12(13-15-16)10-6-4-3-5-7-10/h3-7,9H,8H2,1-2H3. The molecule has 6 heteroatoms. The molecule has 0 radical (unpaired) electrons. The summed E-state index contributed by atoms with van der Waals surface area (Å²) >= 11 is 0. The van der Waals surface area contributed by atoms with Crippen molar-refractivity contribution in [2.24, 2.45) is 0 Å². The molecule has 1 aromatic carbocycles. The van der Waals surface area contributed by atoms with Gasteiger partial charge >= 0.3 is 5.97 Å². The first-order chi connectivity index (χ1) is 8.70. The minimum absolute atomic E-state index is 0.178. The van der Waals surface area contributed by atoms with Crippen molar-refractivity contribution in [1.82, 2.24) is 20.2 Å². The first-order valence-corrected chi connectivity index (χ1v) is 5.62. The zero-order chi connectivity index (χ0) is 13.0. The molecule has 2 aromatic rings. The molecule has 0 N–H and O–H groups in total. The van der Waals surface area contributed by atoms with Gasteiger partial charge in [0.1, 0.15) is 0 Å². The highest BCUT2D eigenvalue weighted by Gasteiger charge is 2.14. The maximum absolute atomic E-state index is 11.2. The molecule has 2 rings (SSSR count). The molecule has 1 heterocycles. The maximum atomic E-state index is 11.2. The van der Waals surface area contributed by atoms with Crippen LogP contribution in [0, 0.1) is 0 Å². The third kappa shape index (κ3) is 2.71. The van der Waals surface area contributed by atoms with Crippen LogP contribution in [-0.4, -0.2) is 33.3 Å². The van der Waals surface area contributed by atoms with Crippen LogP contribution in [0.4, 0.5) is 0 Å². The van der Waals surface area contributed by atoms with E-state index in [4.69, 9.17) is 0 Å². The molecule has 1 unspecified atom stereocenters. The van der Waals surface area contributed by atoms with Crippen LogP contribution in [0.5, 0.6) is 0 Å². The Hall–Kier alpha value is -2.24. The number of carbonyl (C=O) groups is 1. The summed E-state index contributed by atoms with van der Waals surface area (Å²) < 4.78 is 4.61. The SMILES string of the molecule is COC(=O)CC(C)n1nnc(-c2ccccc2)n1. The third-order valence-electron chi connectivity index (χ3n) is 2.54. The van der Waals surface area contributed by atoms with E-state index < -0.39 is 0 Å². The molecule has 18 heavy (non-hydrogen) atoms. The second kappa shape index (κ2) is 5.39. The first kappa shape index (κ1) is 12.2. The molecule has 6 nitrogen and oxygen atoms in total. The summed E-state index contributed by atoms with van der Waals surface area (Å²) in [5, 5.41) is 12.2. The number of tetrazole rings is 1. The molecule has 1 aromatic heterocycles. The zero-order valence-corrected chi connectivity index (χ0v) is 10.3. The highest BCUT2D eigenvalue weighted by atomic mass is 16.5. The Morgan fingerprint density at radius 3 is 2.78 bits per heavy atom. The second-order valence-electron chi connectivity index (χ2n) is 3.93. The molecule has 0 saturated carbocycles. The Balaban J connectivity index is 2.13. The van der Waals surface area contributed by atoms with Gasteiger partial charge in [0.2, 0.25) is 5.82 Å². The summed E-state index contributed by atoms with van der Waals surface area (Å²) in [6, 6.07) is 9.39. The van der Waals surface area contributed by atoms with Gasteiger partial charge in [0.05, 0.1) is 19.6 Å². The molecule has 0 fully saturated rings. The highest BCUT2D eigenvalue weighted by molar-refractivity contribution is 5.69. The molecule has 94 valence electrons. The van der Waals surface area contributed by atoms with Gasteiger partial charge in [0, 0.05) is 5.56 Å². The van der Waals surface area contributed by atoms with E-state index >= 15 is 0 Å². The van der Waals surface area contributed by atoms with E-state index in [2.05, 4.69) is 20.1 Å². The van der Waals surface area contributed by atoms with Crippen LogP contribution < -0.4 is 0 Å². The average molecular weight is 246 g/mol. The predicted octanol–water partition coefficient (Wildman–Crippen LogP) is 1.46. The van der Waals surface area contributed by atoms with Gasteiger partial charge in [-0.2, -0.15) is 4.80 Å². The molecular weight excluding hydrogens is 232 g/mol. The molecule has 0 saturated heterocycles. The van der Waals surface area contributed by atoms with Gasteiger partial charge in [-0.3, -0.25) is 4.79 Å². The van der Waals surface area contributed by atoms with Crippen molar-refractivity contribution in [3.8, 4) is 11.4 Å². The summed E-state index contributed by atoms with van der Waals surface area (Å²) in [4.78, 5) is 12.6. The van der Waals surface area contributed by atoms with Gasteiger partial charge in [0.25, 0.3) is 0 Å². The molecule has 0 aliphatic rings. The van der Waals surface area contributed by atoms with Gasteiger partial charge in [-0.05, 0) is 12.1 Å². The largest absolute Gasteiger partial charge is 0.469 e. The van der Waals surface area contributed by atoms with Crippen molar-refractivity contribution in [2.75, 3.05) is 7.11 Å². The van der Waals surface area contributed by atoms with E-state index in [1.165, 1.54) is 11.9 Å². The topological polar surface area (TPSA) is 69.9 Å². The second-order valence-corrected chi connectivity index (χ2v) is 3.93. The summed E-state index contributed by atoms with van der Waals surface area (Å²) in [6.45, 7) is 1.84. The predicted molar refractivity (Wildman–Crippen MR) is 64.6 cm³/mol. The summed E-state index contributed by atoms with van der Waals surface area (Å²) in [5.41, 5.74) is 0.897. The lowest BCUT2D eigenvalue weighted by atomic mass is 10.2. The lowest BCUT2D eigenvalue weighted by Crippen LogP contribution is -2.14. The molecular formula is C12H14N4O2. The fourth-order valence-corrected chi connectivity index (χ4v) is 1.52. The number of esters is 1. The number of aromatic nitrogens is 4. The monoisotopic (exact) mass is 246 g/mol. The van der Waals surface area contributed by atoms with Gasteiger partial charge in [-0.15, -0.1) is 10.2 Å². The fourth-order valence-electron chi connectivity index (χ4n) is 1.52. The molecule has 0 aliphatic carbocycles. The van der Waals surface area contributed by atoms with E-state index in [1.807, 2.05) is 37.3 Å². The molecule has 1 atom stereocenters. The van der Waals surface area contributed by atoms with Crippen molar-refractivity contribution in [3.63, 3.8) is 0 Å². The van der Waals surface area contributed by atoms with E-state index in [0.29, 0.717) is 5.82 Å². The summed E-state index contributed by atoms with van der Waals surface area (Å²) in [7, 11) is 1.36. The fraction of sp³-hybridized carbons (Fsp3) is 0.333. The average Bonchev–Trinajstić information content (AvgIpc) is 2.89. The lowest BCUT2D eigenvalue weighted by Gasteiger charge is -2.07. The smallest absolute Gasteiger partial charge is 0.307 e. The third-order valence-corrected chi connectivity index (χ3v) is 2.54. The Bertz CT molecular complexity index is 524. The molecule has 0 spiro atoms. The van der Waals surface area contributed by atoms with Crippen LogP contribution in [0.2, 0.25) is 0 Å². The van der Waals surface area contributed by atoms with Crippen molar-refractivity contribution in [2.45, 2.75) is 19.4 Å². The van der Waals surface area contributed by atoms with Gasteiger partial charge in [0.15, 0.2) is 0 Å². The molecule has 0 bridgehead atoms. The van der Waals surface area contributed by atoms with Crippen molar-refractivity contribution >= 4 is 5.97 Å². The van der Waals surface area contributed by atoms with E-state index in [9.17, 15) is 4.79 Å². The van der Waals surface area contributed by atoms with Crippen molar-refractivity contribution < 1.29 is 9.53 Å². The minimum Gasteiger partial charge on any atom is -0.469 e. The molecule has 0 amide bonds. The van der Waals surface area contributed by atoms with Crippen LogP contribution in [-0.2, 0) is 9.53 Å². The van der Waals surface area contributed by atoms with Gasteiger partial charge < -0.3 is 4.74 Å². The Morgan fingerprint density at radius 1 is 1.39 bits per heavy atom. The van der Waals surface area contributed by atoms with Crippen LogP contribution in [0.25, 0.3) is 11.4 Å². The Kier molecular flexibility index (Phi) is 3.66. The zero-order valence-electron chi connectivity index (χ0n) is 10.3. The van der Waals surface area contributed by atoms with Crippen LogP contribution in [0.15, 0.2) is 30.3 Å². The Labute approximate surface area is 105 Å². The van der Waals surface area contributed by atoms with E-state index in [1.54, 1.807) is 0 Å². The lowest BCUT2D eigenvalue weighted by molar-refractivity contribution is -0.141. The summed E-state index contributed by atoms with van der Waals surface area (Å²) in [5.74, 6) is 0.258. The van der Waals surface area contributed by atoms with Crippen LogP contribution in [0.3, 0.4) is 0 Å². The van der Waals surface area contributed by atoms with E-state index in [-0.39, 0.29) is 18.4 Å². The number of methoxy groups -OCH3 is 1. The molecule has 0 aliphatic heterocycles. The normalized spacial score (nSPS) is 12.1. The maximum Gasteiger partial charge on any atom is 0.307 e. The highest BCUT2D eigenvalue weighted by Crippen LogP contribution is 2.14. The Morgan fingerprint density at radius 2 is 2.11 bits per heavy atom. The van der Waals surface area contributed by atoms with Crippen molar-refractivity contribution in [3.05, 3.63) is 30.3 Å². The first-order valence-electron chi connectivity index (χ1n) is 5.62. The number of carbonyl (C=O) groups excluding carboxylic acids is 1. The number of nitrogens with zero attached hydrogens (tertiary/aromatic N) is 4. The number of rotatable bonds is 4. The number of ether oxygens (including phenoxy) is 1. The summed E-state index contributed by atoms with van der Waals surface area (Å²) in [6.07, 6.45) is 0.223. The quantitative estimate of drug-likeness (QED) is 0.764. The van der Waals surface area contributed by atoms with Crippen LogP contribution in [0.1, 0.15) is 19.4 Å².